The van der Waals surface area contributed by atoms with Crippen LogP contribution in [0, 0.1) is 6.92 Å². The molecule has 0 saturated heterocycles. The second-order valence-electron chi connectivity index (χ2n) is 6.39. The van der Waals surface area contributed by atoms with Gasteiger partial charge in [0.2, 0.25) is 0 Å². The van der Waals surface area contributed by atoms with Crippen LogP contribution in [0.2, 0.25) is 10.0 Å². The Balaban J connectivity index is 1.67. The van der Waals surface area contributed by atoms with Crippen molar-refractivity contribution in [1.29, 1.82) is 0 Å². The van der Waals surface area contributed by atoms with E-state index in [0.29, 0.717) is 50.2 Å². The molecule has 0 aliphatic heterocycles. The number of aryl methyl sites for hydroxylation is 1. The Morgan fingerprint density at radius 3 is 2.27 bits per heavy atom. The van der Waals surface area contributed by atoms with Crippen molar-refractivity contribution in [3.63, 3.8) is 0 Å². The molecule has 2 aromatic carbocycles. The van der Waals surface area contributed by atoms with E-state index in [4.69, 9.17) is 23.2 Å². The molecule has 0 spiro atoms. The predicted octanol–water partition coefficient (Wildman–Crippen LogP) is 5.89. The molecule has 0 aliphatic carbocycles. The first kappa shape index (κ1) is 20.2. The van der Waals surface area contributed by atoms with E-state index in [-0.39, 0.29) is 0 Å². The molecule has 0 radical (unpaired) electrons. The molecule has 2 aromatic heterocycles. The molecule has 0 atom stereocenters. The minimum absolute atomic E-state index is 0.395. The van der Waals surface area contributed by atoms with Gasteiger partial charge < -0.3 is 5.32 Å². The van der Waals surface area contributed by atoms with Crippen LogP contribution in [0.3, 0.4) is 0 Å². The van der Waals surface area contributed by atoms with Crippen LogP contribution in [0.4, 0.5) is 36.3 Å². The van der Waals surface area contributed by atoms with Crippen molar-refractivity contribution < 1.29 is 18.2 Å². The monoisotopic (exact) mass is 453 g/mol. The van der Waals surface area contributed by atoms with E-state index in [1.807, 2.05) is 0 Å². The maximum Gasteiger partial charge on any atom is 0.416 e. The summed E-state index contributed by atoms with van der Waals surface area (Å²) in [6, 6.07) is 9.79. The highest BCUT2D eigenvalue weighted by Gasteiger charge is 2.30. The number of para-hydroxylation sites is 1. The Morgan fingerprint density at radius 1 is 0.967 bits per heavy atom. The minimum Gasteiger partial charge on any atom is -0.337 e. The molecule has 30 heavy (non-hydrogen) atoms. The molecule has 0 amide bonds. The lowest BCUT2D eigenvalue weighted by Crippen LogP contribution is -2.09. The normalized spacial score (nSPS) is 11.7. The van der Waals surface area contributed by atoms with Crippen molar-refractivity contribution in [2.75, 3.05) is 10.6 Å². The number of halogens is 5. The summed E-state index contributed by atoms with van der Waals surface area (Å²) in [5.74, 6) is 1.32. The fourth-order valence-electron chi connectivity index (χ4n) is 2.83. The molecule has 11 heteroatoms. The molecule has 4 N–H and O–H groups in total. The highest BCUT2D eigenvalue weighted by molar-refractivity contribution is 6.39. The molecule has 4 aromatic rings. The van der Waals surface area contributed by atoms with Crippen molar-refractivity contribution >= 4 is 57.5 Å². The van der Waals surface area contributed by atoms with Crippen molar-refractivity contribution in [1.82, 2.24) is 15.0 Å². The van der Waals surface area contributed by atoms with Crippen molar-refractivity contribution in [3.05, 3.63) is 63.9 Å². The first-order valence-electron chi connectivity index (χ1n) is 8.65. The van der Waals surface area contributed by atoms with Gasteiger partial charge >= 0.3 is 12.1 Å². The maximum absolute atomic E-state index is 12.8. The maximum atomic E-state index is 12.8. The standard InChI is InChI=1S/C19H13Cl2F3N6/c1-9-25-16(27-11-7-5-10(6-8-11)19(22,23)24)15-17(26-9)30-18(29-15)28-14-12(20)3-2-4-13(14)21/h2-8H,1H3,(H3,25,26,27,28,29,30)/p+1. The van der Waals surface area contributed by atoms with E-state index >= 15 is 0 Å². The number of alkyl halides is 3. The zero-order valence-electron chi connectivity index (χ0n) is 15.3. The van der Waals surface area contributed by atoms with E-state index in [2.05, 4.69) is 30.6 Å². The molecule has 0 bridgehead atoms. The van der Waals surface area contributed by atoms with Gasteiger partial charge in [0.25, 0.3) is 5.65 Å². The van der Waals surface area contributed by atoms with Gasteiger partial charge in [-0.05, 0) is 36.4 Å². The number of hydrogen-bond donors (Lipinski definition) is 3. The van der Waals surface area contributed by atoms with Gasteiger partial charge in [-0.3, -0.25) is 10.3 Å². The fraction of sp³-hybridized carbons (Fsp3) is 0.105. The van der Waals surface area contributed by atoms with Gasteiger partial charge in [-0.15, -0.1) is 4.98 Å². The molecule has 2 heterocycles. The highest BCUT2D eigenvalue weighted by atomic mass is 35.5. The molecular weight excluding hydrogens is 440 g/mol. The third kappa shape index (κ3) is 4.12. The molecule has 6 nitrogen and oxygen atoms in total. The largest absolute Gasteiger partial charge is 0.416 e. The third-order valence-corrected chi connectivity index (χ3v) is 4.83. The molecule has 4 rings (SSSR count). The van der Waals surface area contributed by atoms with Gasteiger partial charge in [-0.25, -0.2) is 9.97 Å². The highest BCUT2D eigenvalue weighted by Crippen LogP contribution is 2.33. The van der Waals surface area contributed by atoms with Crippen LogP contribution in [0.15, 0.2) is 42.5 Å². The Kier molecular flexibility index (Phi) is 5.17. The van der Waals surface area contributed by atoms with E-state index < -0.39 is 11.7 Å². The molecular formula is C19H14Cl2F3N6+. The number of fused-ring (bicyclic) bond motifs is 1. The van der Waals surface area contributed by atoms with Gasteiger partial charge in [-0.2, -0.15) is 13.2 Å². The quantitative estimate of drug-likeness (QED) is 0.359. The third-order valence-electron chi connectivity index (χ3n) is 4.20. The lowest BCUT2D eigenvalue weighted by Gasteiger charge is -2.09. The number of aromatic nitrogens is 4. The summed E-state index contributed by atoms with van der Waals surface area (Å²) in [5, 5.41) is 6.95. The summed E-state index contributed by atoms with van der Waals surface area (Å²) in [6.07, 6.45) is -4.40. The summed E-state index contributed by atoms with van der Waals surface area (Å²) in [4.78, 5) is 14.9. The number of rotatable bonds is 4. The van der Waals surface area contributed by atoms with Crippen LogP contribution in [0.1, 0.15) is 11.4 Å². The summed E-state index contributed by atoms with van der Waals surface area (Å²) < 4.78 is 38.3. The van der Waals surface area contributed by atoms with Gasteiger partial charge in [-0.1, -0.05) is 29.3 Å². The van der Waals surface area contributed by atoms with E-state index in [0.717, 1.165) is 12.1 Å². The smallest absolute Gasteiger partial charge is 0.337 e. The van der Waals surface area contributed by atoms with Gasteiger partial charge in [0.05, 0.1) is 15.6 Å². The second kappa shape index (κ2) is 7.66. The van der Waals surface area contributed by atoms with Gasteiger partial charge in [0, 0.05) is 12.6 Å². The number of nitrogens with one attached hydrogen (secondary N) is 4. The van der Waals surface area contributed by atoms with E-state index in [1.165, 1.54) is 12.1 Å². The first-order chi connectivity index (χ1) is 14.2. The Labute approximate surface area is 178 Å². The van der Waals surface area contributed by atoms with Crippen LogP contribution in [0.25, 0.3) is 11.2 Å². The minimum atomic E-state index is -4.40. The second-order valence-corrected chi connectivity index (χ2v) is 7.20. The predicted molar refractivity (Wildman–Crippen MR) is 110 cm³/mol. The van der Waals surface area contributed by atoms with Crippen LogP contribution < -0.4 is 15.6 Å². The summed E-state index contributed by atoms with van der Waals surface area (Å²) in [7, 11) is 0. The topological polar surface area (TPSA) is 79.8 Å². The van der Waals surface area contributed by atoms with Crippen molar-refractivity contribution in [3.8, 4) is 0 Å². The lowest BCUT2D eigenvalue weighted by atomic mass is 10.2. The average Bonchev–Trinajstić information content (AvgIpc) is 3.07. The van der Waals surface area contributed by atoms with Crippen LogP contribution in [0.5, 0.6) is 0 Å². The molecule has 0 unspecified atom stereocenters. The zero-order valence-corrected chi connectivity index (χ0v) is 16.8. The summed E-state index contributed by atoms with van der Waals surface area (Å²) in [5.41, 5.74) is 1.23. The van der Waals surface area contributed by atoms with E-state index in [1.54, 1.807) is 25.1 Å². The summed E-state index contributed by atoms with van der Waals surface area (Å²) in [6.45, 7) is 1.70. The van der Waals surface area contributed by atoms with Crippen molar-refractivity contribution in [2.24, 2.45) is 0 Å². The molecule has 0 fully saturated rings. The summed E-state index contributed by atoms with van der Waals surface area (Å²) >= 11 is 12.4. The molecule has 0 saturated carbocycles. The lowest BCUT2D eigenvalue weighted by molar-refractivity contribution is -0.329. The Hall–Kier alpha value is -3.04. The van der Waals surface area contributed by atoms with Crippen LogP contribution >= 0.6 is 23.2 Å². The Bertz CT molecular complexity index is 1200. The van der Waals surface area contributed by atoms with Crippen molar-refractivity contribution in [2.45, 2.75) is 13.1 Å². The number of nitrogens with zero attached hydrogens (tertiary/aromatic N) is 2. The number of imidazole rings is 1. The average molecular weight is 454 g/mol. The zero-order chi connectivity index (χ0) is 21.5. The first-order valence-corrected chi connectivity index (χ1v) is 9.41. The molecule has 154 valence electrons. The fourth-order valence-corrected chi connectivity index (χ4v) is 3.32. The SMILES string of the molecule is Cc1nc(Nc2ccc(C(F)(F)F)cc2)c2[nH]c(Nc3c(Cl)cccc3Cl)[nH+]c2n1. The van der Waals surface area contributed by atoms with E-state index in [9.17, 15) is 13.2 Å². The van der Waals surface area contributed by atoms with Crippen LogP contribution in [-0.2, 0) is 6.18 Å². The number of benzene rings is 2. The van der Waals surface area contributed by atoms with Gasteiger partial charge in [0.15, 0.2) is 17.2 Å². The number of aromatic amines is 2. The molecule has 0 aliphatic rings. The number of H-pyrrole nitrogens is 2. The Morgan fingerprint density at radius 2 is 1.63 bits per heavy atom. The number of anilines is 4. The number of hydrogen-bond acceptors (Lipinski definition) is 4. The van der Waals surface area contributed by atoms with Crippen LogP contribution in [-0.4, -0.2) is 15.0 Å². The van der Waals surface area contributed by atoms with Gasteiger partial charge in [0.1, 0.15) is 5.69 Å².